The quantitative estimate of drug-likeness (QED) is 0.933. The molecule has 3 rings (SSSR count). The molecule has 0 radical (unpaired) electrons. The molecule has 2 aromatic rings. The third-order valence-corrected chi connectivity index (χ3v) is 4.94. The summed E-state index contributed by atoms with van der Waals surface area (Å²) in [7, 11) is 2.19. The molecule has 0 amide bonds. The van der Waals surface area contributed by atoms with Crippen LogP contribution in [-0.2, 0) is 6.54 Å². The summed E-state index contributed by atoms with van der Waals surface area (Å²) in [6.07, 6.45) is 7.14. The predicted molar refractivity (Wildman–Crippen MR) is 89.5 cm³/mol. The molecule has 0 saturated heterocycles. The molecule has 0 atom stereocenters. The number of fused-ring (bicyclic) bond motifs is 1. The molecule has 112 valence electrons. The SMILES string of the molecule is CC1CCC(N(C)c2ncc(CN)c3ccccc23)CC1. The average Bonchev–Trinajstić information content (AvgIpc) is 2.54. The molecule has 2 N–H and O–H groups in total. The number of aromatic nitrogens is 1. The molecule has 1 aromatic heterocycles. The zero-order chi connectivity index (χ0) is 14.8. The van der Waals surface area contributed by atoms with E-state index in [-0.39, 0.29) is 0 Å². The lowest BCUT2D eigenvalue weighted by Gasteiger charge is -2.35. The van der Waals surface area contributed by atoms with E-state index in [1.54, 1.807) is 0 Å². The van der Waals surface area contributed by atoms with Crippen molar-refractivity contribution < 1.29 is 0 Å². The van der Waals surface area contributed by atoms with Crippen LogP contribution in [0.3, 0.4) is 0 Å². The van der Waals surface area contributed by atoms with Crippen molar-refractivity contribution in [2.24, 2.45) is 11.7 Å². The minimum atomic E-state index is 0.540. The van der Waals surface area contributed by atoms with Gasteiger partial charge in [0.2, 0.25) is 0 Å². The first-order valence-electron chi connectivity index (χ1n) is 8.00. The Bertz CT molecular complexity index is 615. The summed E-state index contributed by atoms with van der Waals surface area (Å²) >= 11 is 0. The lowest BCUT2D eigenvalue weighted by molar-refractivity contribution is 0.340. The van der Waals surface area contributed by atoms with Gasteiger partial charge in [0, 0.05) is 31.2 Å². The number of hydrogen-bond donors (Lipinski definition) is 1. The molecule has 1 fully saturated rings. The summed E-state index contributed by atoms with van der Waals surface area (Å²) in [5.41, 5.74) is 6.97. The molecule has 1 aliphatic rings. The van der Waals surface area contributed by atoms with Crippen LogP contribution < -0.4 is 10.6 Å². The number of nitrogens with two attached hydrogens (primary N) is 1. The maximum atomic E-state index is 5.85. The Morgan fingerprint density at radius 1 is 1.14 bits per heavy atom. The van der Waals surface area contributed by atoms with Crippen LogP contribution in [-0.4, -0.2) is 18.1 Å². The largest absolute Gasteiger partial charge is 0.356 e. The smallest absolute Gasteiger partial charge is 0.136 e. The molecule has 1 saturated carbocycles. The first-order chi connectivity index (χ1) is 10.2. The molecule has 1 aromatic carbocycles. The second kappa shape index (κ2) is 6.02. The van der Waals surface area contributed by atoms with Crippen LogP contribution in [0.25, 0.3) is 10.8 Å². The van der Waals surface area contributed by atoms with Crippen molar-refractivity contribution in [3.05, 3.63) is 36.0 Å². The van der Waals surface area contributed by atoms with Crippen molar-refractivity contribution in [3.63, 3.8) is 0 Å². The third kappa shape index (κ3) is 2.75. The van der Waals surface area contributed by atoms with Crippen LogP contribution in [0.15, 0.2) is 30.5 Å². The topological polar surface area (TPSA) is 42.2 Å². The van der Waals surface area contributed by atoms with Gasteiger partial charge in [-0.15, -0.1) is 0 Å². The van der Waals surface area contributed by atoms with Crippen LogP contribution in [0.2, 0.25) is 0 Å². The van der Waals surface area contributed by atoms with E-state index in [2.05, 4.69) is 43.1 Å². The number of hydrogen-bond acceptors (Lipinski definition) is 3. The van der Waals surface area contributed by atoms with Gasteiger partial charge >= 0.3 is 0 Å². The lowest BCUT2D eigenvalue weighted by Crippen LogP contribution is -2.35. The monoisotopic (exact) mass is 283 g/mol. The lowest BCUT2D eigenvalue weighted by atomic mass is 9.86. The van der Waals surface area contributed by atoms with E-state index in [9.17, 15) is 0 Å². The van der Waals surface area contributed by atoms with Crippen LogP contribution in [0.1, 0.15) is 38.2 Å². The molecule has 1 heterocycles. The fourth-order valence-corrected chi connectivity index (χ4v) is 3.48. The van der Waals surface area contributed by atoms with E-state index in [4.69, 9.17) is 10.7 Å². The fourth-order valence-electron chi connectivity index (χ4n) is 3.48. The Balaban J connectivity index is 1.96. The summed E-state index contributed by atoms with van der Waals surface area (Å²) in [6, 6.07) is 9.09. The predicted octanol–water partition coefficient (Wildman–Crippen LogP) is 3.71. The first-order valence-corrected chi connectivity index (χ1v) is 8.00. The van der Waals surface area contributed by atoms with E-state index in [0.717, 1.165) is 17.3 Å². The van der Waals surface area contributed by atoms with E-state index in [0.29, 0.717) is 12.6 Å². The zero-order valence-corrected chi connectivity index (χ0v) is 13.0. The van der Waals surface area contributed by atoms with E-state index in [1.165, 1.54) is 36.5 Å². The number of benzene rings is 1. The molecule has 0 bridgehead atoms. The Morgan fingerprint density at radius 2 is 1.81 bits per heavy atom. The highest BCUT2D eigenvalue weighted by Gasteiger charge is 2.23. The van der Waals surface area contributed by atoms with Gasteiger partial charge in [0.1, 0.15) is 5.82 Å². The molecule has 0 spiro atoms. The van der Waals surface area contributed by atoms with Gasteiger partial charge in [0.15, 0.2) is 0 Å². The molecule has 0 aliphatic heterocycles. The van der Waals surface area contributed by atoms with Crippen molar-refractivity contribution >= 4 is 16.6 Å². The fraction of sp³-hybridized carbons (Fsp3) is 0.500. The van der Waals surface area contributed by atoms with Gasteiger partial charge in [-0.1, -0.05) is 31.2 Å². The molecule has 1 aliphatic carbocycles. The van der Waals surface area contributed by atoms with Gasteiger partial charge < -0.3 is 10.6 Å². The first kappa shape index (κ1) is 14.3. The number of anilines is 1. The standard InChI is InChI=1S/C18H25N3/c1-13-7-9-15(10-8-13)21(2)18-17-6-4-3-5-16(17)14(11-19)12-20-18/h3-6,12-13,15H,7-11,19H2,1-2H3. The number of pyridine rings is 1. The van der Waals surface area contributed by atoms with E-state index >= 15 is 0 Å². The molecule has 0 unspecified atom stereocenters. The highest BCUT2D eigenvalue weighted by molar-refractivity contribution is 5.94. The summed E-state index contributed by atoms with van der Waals surface area (Å²) < 4.78 is 0. The molecule has 3 nitrogen and oxygen atoms in total. The highest BCUT2D eigenvalue weighted by Crippen LogP contribution is 2.32. The highest BCUT2D eigenvalue weighted by atomic mass is 15.2. The molecular weight excluding hydrogens is 258 g/mol. The minimum absolute atomic E-state index is 0.540. The third-order valence-electron chi connectivity index (χ3n) is 4.94. The van der Waals surface area contributed by atoms with E-state index < -0.39 is 0 Å². The Morgan fingerprint density at radius 3 is 2.48 bits per heavy atom. The van der Waals surface area contributed by atoms with E-state index in [1.807, 2.05) is 6.20 Å². The maximum absolute atomic E-state index is 5.85. The van der Waals surface area contributed by atoms with Crippen molar-refractivity contribution in [2.45, 2.75) is 45.2 Å². The summed E-state index contributed by atoms with van der Waals surface area (Å²) in [6.45, 7) is 2.90. The summed E-state index contributed by atoms with van der Waals surface area (Å²) in [5, 5.41) is 2.46. The normalized spacial score (nSPS) is 22.4. The summed E-state index contributed by atoms with van der Waals surface area (Å²) in [5.74, 6) is 1.97. The van der Waals surface area contributed by atoms with Gasteiger partial charge in [0.05, 0.1) is 0 Å². The average molecular weight is 283 g/mol. The van der Waals surface area contributed by atoms with Crippen LogP contribution in [0.4, 0.5) is 5.82 Å². The zero-order valence-electron chi connectivity index (χ0n) is 13.0. The number of rotatable bonds is 3. The van der Waals surface area contributed by atoms with Gasteiger partial charge in [-0.05, 0) is 42.6 Å². The molecular formula is C18H25N3. The summed E-state index contributed by atoms with van der Waals surface area (Å²) in [4.78, 5) is 7.10. The van der Waals surface area contributed by atoms with Crippen molar-refractivity contribution in [1.82, 2.24) is 4.98 Å². The van der Waals surface area contributed by atoms with Crippen LogP contribution in [0, 0.1) is 5.92 Å². The van der Waals surface area contributed by atoms with Crippen molar-refractivity contribution in [2.75, 3.05) is 11.9 Å². The second-order valence-corrected chi connectivity index (χ2v) is 6.38. The van der Waals surface area contributed by atoms with Gasteiger partial charge in [0.25, 0.3) is 0 Å². The van der Waals surface area contributed by atoms with Gasteiger partial charge in [-0.2, -0.15) is 0 Å². The maximum Gasteiger partial charge on any atom is 0.136 e. The molecule has 3 heteroatoms. The molecule has 21 heavy (non-hydrogen) atoms. The van der Waals surface area contributed by atoms with Crippen molar-refractivity contribution in [3.8, 4) is 0 Å². The van der Waals surface area contributed by atoms with Crippen LogP contribution >= 0.6 is 0 Å². The van der Waals surface area contributed by atoms with Gasteiger partial charge in [-0.3, -0.25) is 0 Å². The number of nitrogens with zero attached hydrogens (tertiary/aromatic N) is 2. The second-order valence-electron chi connectivity index (χ2n) is 6.38. The van der Waals surface area contributed by atoms with Gasteiger partial charge in [-0.25, -0.2) is 4.98 Å². The Hall–Kier alpha value is -1.61. The Labute approximate surface area is 127 Å². The minimum Gasteiger partial charge on any atom is -0.356 e. The Kier molecular flexibility index (Phi) is 4.11. The van der Waals surface area contributed by atoms with Crippen molar-refractivity contribution in [1.29, 1.82) is 0 Å². The van der Waals surface area contributed by atoms with Crippen LogP contribution in [0.5, 0.6) is 0 Å².